The van der Waals surface area contributed by atoms with E-state index in [0.717, 1.165) is 59.5 Å². The zero-order chi connectivity index (χ0) is 23.3. The molecule has 3 aliphatic heterocycles. The number of aliphatic imine (C=N–C) groups is 1. The molecule has 7 nitrogen and oxygen atoms in total. The van der Waals surface area contributed by atoms with Gasteiger partial charge in [-0.2, -0.15) is 0 Å². The number of nitrogens with zero attached hydrogens (tertiary/aromatic N) is 4. The van der Waals surface area contributed by atoms with E-state index in [-0.39, 0.29) is 18.2 Å². The first kappa shape index (κ1) is 22.2. The van der Waals surface area contributed by atoms with Gasteiger partial charge in [0, 0.05) is 35.9 Å². The number of methoxy groups -OCH3 is 1. The predicted molar refractivity (Wildman–Crippen MR) is 132 cm³/mol. The van der Waals surface area contributed by atoms with Gasteiger partial charge in [-0.05, 0) is 73.3 Å². The van der Waals surface area contributed by atoms with Gasteiger partial charge >= 0.3 is 6.09 Å². The molecule has 1 aromatic carbocycles. The molecule has 174 valence electrons. The Morgan fingerprint density at radius 2 is 1.88 bits per heavy atom. The molecule has 1 amide bonds. The normalized spacial score (nSPS) is 21.7. The zero-order valence-electron chi connectivity index (χ0n) is 19.5. The summed E-state index contributed by atoms with van der Waals surface area (Å²) in [5, 5.41) is 0. The third kappa shape index (κ3) is 4.33. The third-order valence-electron chi connectivity index (χ3n) is 6.46. The SMILES string of the molecule is COc1ncc(Br)cc1C1=Nc2cc(N3CC4CCC(C3)N4C(=O)OC(C)(C)C)ccc2C1. The Balaban J connectivity index is 1.35. The average Bonchev–Trinajstić information content (AvgIpc) is 3.30. The van der Waals surface area contributed by atoms with Gasteiger partial charge < -0.3 is 14.4 Å². The molecule has 1 aromatic heterocycles. The summed E-state index contributed by atoms with van der Waals surface area (Å²) in [5.41, 5.74) is 4.74. The van der Waals surface area contributed by atoms with Crippen molar-refractivity contribution in [2.45, 2.75) is 57.7 Å². The van der Waals surface area contributed by atoms with E-state index in [4.69, 9.17) is 14.5 Å². The highest BCUT2D eigenvalue weighted by Crippen LogP contribution is 2.38. The number of ether oxygens (including phenoxy) is 2. The van der Waals surface area contributed by atoms with Crippen molar-refractivity contribution in [3.8, 4) is 5.88 Å². The molecule has 0 radical (unpaired) electrons. The number of pyridine rings is 1. The summed E-state index contributed by atoms with van der Waals surface area (Å²) in [5.74, 6) is 0.583. The van der Waals surface area contributed by atoms with E-state index in [1.54, 1.807) is 13.3 Å². The molecule has 0 N–H and O–H groups in total. The molecule has 0 spiro atoms. The van der Waals surface area contributed by atoms with Gasteiger partial charge in [-0.3, -0.25) is 9.89 Å². The van der Waals surface area contributed by atoms with Crippen LogP contribution in [0.15, 0.2) is 39.9 Å². The van der Waals surface area contributed by atoms with Crippen molar-refractivity contribution < 1.29 is 14.3 Å². The van der Waals surface area contributed by atoms with Crippen molar-refractivity contribution in [1.82, 2.24) is 9.88 Å². The second-order valence-electron chi connectivity index (χ2n) is 9.94. The highest BCUT2D eigenvalue weighted by Gasteiger charge is 2.44. The minimum absolute atomic E-state index is 0.183. The summed E-state index contributed by atoms with van der Waals surface area (Å²) in [4.78, 5) is 26.4. The van der Waals surface area contributed by atoms with E-state index in [0.29, 0.717) is 5.88 Å². The number of fused-ring (bicyclic) bond motifs is 3. The third-order valence-corrected chi connectivity index (χ3v) is 6.89. The van der Waals surface area contributed by atoms with Crippen LogP contribution in [0.25, 0.3) is 0 Å². The van der Waals surface area contributed by atoms with Gasteiger partial charge in [-0.1, -0.05) is 6.07 Å². The van der Waals surface area contributed by atoms with Crippen LogP contribution < -0.4 is 9.64 Å². The Bertz CT molecular complexity index is 1110. The predicted octanol–water partition coefficient (Wildman–Crippen LogP) is 5.12. The number of carbonyl (C=O) groups is 1. The van der Waals surface area contributed by atoms with Crippen molar-refractivity contribution in [2.75, 3.05) is 25.1 Å². The maximum atomic E-state index is 12.8. The lowest BCUT2D eigenvalue weighted by molar-refractivity contribution is 0.0123. The fourth-order valence-electron chi connectivity index (χ4n) is 5.05. The van der Waals surface area contributed by atoms with Crippen LogP contribution in [-0.2, 0) is 11.2 Å². The molecule has 2 aromatic rings. The van der Waals surface area contributed by atoms with Crippen LogP contribution in [0.1, 0.15) is 44.7 Å². The van der Waals surface area contributed by atoms with Crippen LogP contribution in [0.5, 0.6) is 5.88 Å². The minimum atomic E-state index is -0.476. The summed E-state index contributed by atoms with van der Waals surface area (Å²) in [6.45, 7) is 7.38. The lowest BCUT2D eigenvalue weighted by atomic mass is 10.0. The molecule has 2 saturated heterocycles. The average molecular weight is 513 g/mol. The largest absolute Gasteiger partial charge is 0.481 e. The number of aromatic nitrogens is 1. The molecule has 5 rings (SSSR count). The van der Waals surface area contributed by atoms with Gasteiger partial charge in [-0.15, -0.1) is 0 Å². The van der Waals surface area contributed by atoms with Gasteiger partial charge in [0.1, 0.15) is 5.60 Å². The van der Waals surface area contributed by atoms with E-state index < -0.39 is 5.60 Å². The van der Waals surface area contributed by atoms with Gasteiger partial charge in [0.15, 0.2) is 0 Å². The van der Waals surface area contributed by atoms with Crippen molar-refractivity contribution >= 4 is 39.1 Å². The lowest BCUT2D eigenvalue weighted by Crippen LogP contribution is -2.56. The number of piperazine rings is 1. The van der Waals surface area contributed by atoms with Crippen molar-refractivity contribution in [2.24, 2.45) is 4.99 Å². The molecular weight excluding hydrogens is 484 g/mol. The van der Waals surface area contributed by atoms with Crippen LogP contribution in [0.3, 0.4) is 0 Å². The van der Waals surface area contributed by atoms with Crippen LogP contribution >= 0.6 is 15.9 Å². The number of benzene rings is 1. The molecule has 2 fully saturated rings. The number of rotatable bonds is 3. The minimum Gasteiger partial charge on any atom is -0.481 e. The maximum Gasteiger partial charge on any atom is 0.410 e. The summed E-state index contributed by atoms with van der Waals surface area (Å²) in [6.07, 6.45) is 4.33. The van der Waals surface area contributed by atoms with Crippen molar-refractivity contribution in [3.63, 3.8) is 0 Å². The van der Waals surface area contributed by atoms with Crippen LogP contribution in [0, 0.1) is 0 Å². The summed E-state index contributed by atoms with van der Waals surface area (Å²) in [6, 6.07) is 8.89. The topological polar surface area (TPSA) is 67.3 Å². The van der Waals surface area contributed by atoms with Gasteiger partial charge in [0.05, 0.1) is 36.2 Å². The quantitative estimate of drug-likeness (QED) is 0.570. The first-order valence-corrected chi connectivity index (χ1v) is 12.2. The van der Waals surface area contributed by atoms with Crippen molar-refractivity contribution in [3.05, 3.63) is 46.1 Å². The smallest absolute Gasteiger partial charge is 0.410 e. The van der Waals surface area contributed by atoms with Crippen molar-refractivity contribution in [1.29, 1.82) is 0 Å². The number of hydrogen-bond donors (Lipinski definition) is 0. The summed E-state index contributed by atoms with van der Waals surface area (Å²) < 4.78 is 12.0. The van der Waals surface area contributed by atoms with Gasteiger partial charge in [-0.25, -0.2) is 9.78 Å². The molecule has 0 saturated carbocycles. The molecule has 2 unspecified atom stereocenters. The number of hydrogen-bond acceptors (Lipinski definition) is 6. The van der Waals surface area contributed by atoms with E-state index >= 15 is 0 Å². The Labute approximate surface area is 202 Å². The van der Waals surface area contributed by atoms with Crippen LogP contribution in [0.4, 0.5) is 16.2 Å². The van der Waals surface area contributed by atoms with E-state index in [1.807, 2.05) is 31.7 Å². The van der Waals surface area contributed by atoms with Crippen LogP contribution in [0.2, 0.25) is 0 Å². The second-order valence-corrected chi connectivity index (χ2v) is 10.9. The van der Waals surface area contributed by atoms with E-state index in [2.05, 4.69) is 44.0 Å². The Hall–Kier alpha value is -2.61. The number of amides is 1. The van der Waals surface area contributed by atoms with E-state index in [1.165, 1.54) is 5.56 Å². The number of anilines is 1. The molecule has 3 aliphatic rings. The monoisotopic (exact) mass is 512 g/mol. The highest BCUT2D eigenvalue weighted by atomic mass is 79.9. The molecule has 0 aliphatic carbocycles. The molecule has 33 heavy (non-hydrogen) atoms. The molecule has 4 heterocycles. The number of carbonyl (C=O) groups excluding carboxylic acids is 1. The van der Waals surface area contributed by atoms with E-state index in [9.17, 15) is 4.79 Å². The maximum absolute atomic E-state index is 12.8. The van der Waals surface area contributed by atoms with Gasteiger partial charge in [0.2, 0.25) is 5.88 Å². The summed E-state index contributed by atoms with van der Waals surface area (Å²) >= 11 is 3.50. The lowest BCUT2D eigenvalue weighted by Gasteiger charge is -2.42. The first-order valence-electron chi connectivity index (χ1n) is 11.4. The highest BCUT2D eigenvalue weighted by molar-refractivity contribution is 9.10. The number of halogens is 1. The summed E-state index contributed by atoms with van der Waals surface area (Å²) in [7, 11) is 1.63. The molecule has 8 heteroatoms. The standard InChI is InChI=1S/C25H29BrN4O3/c1-25(2,3)33-24(31)30-18-7-8-19(30)14-29(13-18)17-6-5-15-9-22(28-21(15)11-17)20-10-16(26)12-27-23(20)32-4/h5-6,10-12,18-19H,7-9,13-14H2,1-4H3. The Morgan fingerprint density at radius 1 is 1.15 bits per heavy atom. The van der Waals surface area contributed by atoms with Crippen LogP contribution in [-0.4, -0.2) is 59.6 Å². The second kappa shape index (κ2) is 8.31. The zero-order valence-corrected chi connectivity index (χ0v) is 21.1. The fourth-order valence-corrected chi connectivity index (χ4v) is 5.38. The Morgan fingerprint density at radius 3 is 2.55 bits per heavy atom. The van der Waals surface area contributed by atoms with Gasteiger partial charge in [0.25, 0.3) is 0 Å². The first-order chi connectivity index (χ1) is 15.7. The Kier molecular flexibility index (Phi) is 5.59. The molecule has 2 atom stereocenters. The fraction of sp³-hybridized carbons (Fsp3) is 0.480. The molecule has 2 bridgehead atoms. The molecular formula is C25H29BrN4O3.